The van der Waals surface area contributed by atoms with Crippen molar-refractivity contribution in [3.63, 3.8) is 0 Å². The lowest BCUT2D eigenvalue weighted by Gasteiger charge is -2.39. The van der Waals surface area contributed by atoms with Crippen LogP contribution in [0.2, 0.25) is 0 Å². The van der Waals surface area contributed by atoms with Gasteiger partial charge in [0.15, 0.2) is 5.82 Å². The summed E-state index contributed by atoms with van der Waals surface area (Å²) in [7, 11) is 0. The third kappa shape index (κ3) is 3.20. The number of pyridine rings is 1. The Morgan fingerprint density at radius 3 is 2.81 bits per heavy atom. The molecule has 3 heterocycles. The van der Waals surface area contributed by atoms with E-state index in [9.17, 15) is 0 Å². The van der Waals surface area contributed by atoms with E-state index < -0.39 is 0 Å². The number of para-hydroxylation sites is 1. The van der Waals surface area contributed by atoms with Crippen LogP contribution in [0, 0.1) is 0 Å². The Bertz CT molecular complexity index is 886. The Kier molecular flexibility index (Phi) is 3.90. The SMILES string of the molecule is c1cncc(CN2CC(Oc3ccccc3-c3nc(C4CC4)no3)C2)c1. The molecule has 6 nitrogen and oxygen atoms in total. The lowest BCUT2D eigenvalue weighted by atomic mass is 10.1. The zero-order valence-electron chi connectivity index (χ0n) is 14.4. The van der Waals surface area contributed by atoms with E-state index >= 15 is 0 Å². The smallest absolute Gasteiger partial charge is 0.261 e. The van der Waals surface area contributed by atoms with Crippen LogP contribution in [0.25, 0.3) is 11.5 Å². The molecule has 1 aliphatic carbocycles. The molecule has 0 atom stereocenters. The van der Waals surface area contributed by atoms with Crippen LogP contribution in [-0.2, 0) is 6.54 Å². The van der Waals surface area contributed by atoms with Crippen LogP contribution in [0.1, 0.15) is 30.1 Å². The second kappa shape index (κ2) is 6.53. The van der Waals surface area contributed by atoms with E-state index in [0.717, 1.165) is 49.6 Å². The van der Waals surface area contributed by atoms with Gasteiger partial charge in [-0.3, -0.25) is 9.88 Å². The summed E-state index contributed by atoms with van der Waals surface area (Å²) in [5.41, 5.74) is 2.10. The minimum atomic E-state index is 0.179. The van der Waals surface area contributed by atoms with Gasteiger partial charge < -0.3 is 9.26 Å². The van der Waals surface area contributed by atoms with E-state index in [1.165, 1.54) is 5.56 Å². The fourth-order valence-electron chi connectivity index (χ4n) is 3.25. The molecule has 1 saturated heterocycles. The minimum absolute atomic E-state index is 0.179. The summed E-state index contributed by atoms with van der Waals surface area (Å²) in [6.45, 7) is 2.71. The van der Waals surface area contributed by atoms with Gasteiger partial charge in [-0.1, -0.05) is 23.4 Å². The highest BCUT2D eigenvalue weighted by atomic mass is 16.5. The number of benzene rings is 1. The first-order valence-corrected chi connectivity index (χ1v) is 9.06. The summed E-state index contributed by atoms with van der Waals surface area (Å²) < 4.78 is 11.7. The van der Waals surface area contributed by atoms with Gasteiger partial charge in [-0.2, -0.15) is 4.98 Å². The molecule has 5 rings (SSSR count). The lowest BCUT2D eigenvalue weighted by molar-refractivity contribution is 0.0148. The van der Waals surface area contributed by atoms with Crippen LogP contribution in [-0.4, -0.2) is 39.2 Å². The number of nitrogens with zero attached hydrogens (tertiary/aromatic N) is 4. The van der Waals surface area contributed by atoms with Crippen LogP contribution in [0.4, 0.5) is 0 Å². The van der Waals surface area contributed by atoms with Crippen molar-refractivity contribution in [1.82, 2.24) is 20.0 Å². The average molecular weight is 348 g/mol. The standard InChI is InChI=1S/C20H20N4O2/c1-2-6-18(17(5-1)20-22-19(23-26-20)15-7-8-15)25-16-12-24(13-16)11-14-4-3-9-21-10-14/h1-6,9-10,15-16H,7-8,11-13H2. The van der Waals surface area contributed by atoms with Crippen LogP contribution < -0.4 is 4.74 Å². The molecule has 3 aromatic rings. The molecule has 0 N–H and O–H groups in total. The van der Waals surface area contributed by atoms with Crippen molar-refractivity contribution in [2.75, 3.05) is 13.1 Å². The first-order chi connectivity index (χ1) is 12.8. The van der Waals surface area contributed by atoms with Gasteiger partial charge in [0.05, 0.1) is 5.56 Å². The third-order valence-electron chi connectivity index (χ3n) is 4.85. The van der Waals surface area contributed by atoms with Crippen molar-refractivity contribution in [2.45, 2.75) is 31.4 Å². The molecule has 0 radical (unpaired) electrons. The summed E-state index contributed by atoms with van der Waals surface area (Å²) in [5.74, 6) is 2.66. The van der Waals surface area contributed by atoms with Crippen molar-refractivity contribution in [3.05, 3.63) is 60.2 Å². The van der Waals surface area contributed by atoms with E-state index in [4.69, 9.17) is 9.26 Å². The van der Waals surface area contributed by atoms with Gasteiger partial charge in [-0.25, -0.2) is 0 Å². The molecule has 132 valence electrons. The zero-order chi connectivity index (χ0) is 17.3. The highest BCUT2D eigenvalue weighted by Gasteiger charge is 2.31. The molecule has 1 saturated carbocycles. The summed E-state index contributed by atoms with van der Waals surface area (Å²) in [6.07, 6.45) is 6.21. The van der Waals surface area contributed by atoms with E-state index in [1.54, 1.807) is 6.20 Å². The van der Waals surface area contributed by atoms with E-state index in [-0.39, 0.29) is 6.10 Å². The molecule has 2 aliphatic rings. The van der Waals surface area contributed by atoms with Crippen molar-refractivity contribution in [3.8, 4) is 17.2 Å². The molecule has 0 spiro atoms. The molecule has 0 unspecified atom stereocenters. The Morgan fingerprint density at radius 1 is 1.12 bits per heavy atom. The molecule has 1 aromatic carbocycles. The van der Waals surface area contributed by atoms with E-state index in [2.05, 4.69) is 26.1 Å². The predicted molar refractivity (Wildman–Crippen MR) is 95.6 cm³/mol. The molecule has 2 fully saturated rings. The molecule has 2 aromatic heterocycles. The van der Waals surface area contributed by atoms with Gasteiger partial charge in [-0.05, 0) is 36.6 Å². The molecular weight excluding hydrogens is 328 g/mol. The lowest BCUT2D eigenvalue weighted by Crippen LogP contribution is -2.53. The van der Waals surface area contributed by atoms with Gasteiger partial charge in [0.25, 0.3) is 5.89 Å². The topological polar surface area (TPSA) is 64.3 Å². The number of aromatic nitrogens is 3. The Hall–Kier alpha value is -2.73. The largest absolute Gasteiger partial charge is 0.487 e. The van der Waals surface area contributed by atoms with Crippen LogP contribution >= 0.6 is 0 Å². The van der Waals surface area contributed by atoms with Gasteiger partial charge >= 0.3 is 0 Å². The van der Waals surface area contributed by atoms with E-state index in [1.807, 2.05) is 36.5 Å². The number of likely N-dealkylation sites (tertiary alicyclic amines) is 1. The van der Waals surface area contributed by atoms with Crippen molar-refractivity contribution in [2.24, 2.45) is 0 Å². The first-order valence-electron chi connectivity index (χ1n) is 9.06. The van der Waals surface area contributed by atoms with Gasteiger partial charge in [0.1, 0.15) is 11.9 Å². The van der Waals surface area contributed by atoms with Crippen LogP contribution in [0.3, 0.4) is 0 Å². The molecule has 0 bridgehead atoms. The second-order valence-electron chi connectivity index (χ2n) is 7.02. The van der Waals surface area contributed by atoms with Crippen LogP contribution in [0.5, 0.6) is 5.75 Å². The number of rotatable bonds is 6. The quantitative estimate of drug-likeness (QED) is 0.681. The van der Waals surface area contributed by atoms with Crippen LogP contribution in [0.15, 0.2) is 53.3 Å². The van der Waals surface area contributed by atoms with Gasteiger partial charge in [0, 0.05) is 37.9 Å². The second-order valence-corrected chi connectivity index (χ2v) is 7.02. The predicted octanol–water partition coefficient (Wildman–Crippen LogP) is 3.27. The highest BCUT2D eigenvalue weighted by molar-refractivity contribution is 5.62. The van der Waals surface area contributed by atoms with Crippen molar-refractivity contribution in [1.29, 1.82) is 0 Å². The fourth-order valence-corrected chi connectivity index (χ4v) is 3.25. The third-order valence-corrected chi connectivity index (χ3v) is 4.85. The molecule has 0 amide bonds. The zero-order valence-corrected chi connectivity index (χ0v) is 14.4. The Balaban J connectivity index is 1.24. The summed E-state index contributed by atoms with van der Waals surface area (Å²) >= 11 is 0. The molecular formula is C20H20N4O2. The average Bonchev–Trinajstić information content (AvgIpc) is 3.38. The summed E-state index contributed by atoms with van der Waals surface area (Å²) in [6, 6.07) is 12.0. The minimum Gasteiger partial charge on any atom is -0.487 e. The normalized spacial score (nSPS) is 17.8. The number of hydrogen-bond acceptors (Lipinski definition) is 6. The molecule has 1 aliphatic heterocycles. The Morgan fingerprint density at radius 2 is 2.00 bits per heavy atom. The van der Waals surface area contributed by atoms with Crippen molar-refractivity contribution >= 4 is 0 Å². The maximum absolute atomic E-state index is 6.20. The molecule has 26 heavy (non-hydrogen) atoms. The summed E-state index contributed by atoms with van der Waals surface area (Å²) in [4.78, 5) is 11.1. The highest BCUT2D eigenvalue weighted by Crippen LogP contribution is 2.39. The van der Waals surface area contributed by atoms with Gasteiger partial charge in [-0.15, -0.1) is 0 Å². The summed E-state index contributed by atoms with van der Waals surface area (Å²) in [5, 5.41) is 4.11. The van der Waals surface area contributed by atoms with E-state index in [0.29, 0.717) is 11.8 Å². The fraction of sp³-hybridized carbons (Fsp3) is 0.350. The number of hydrogen-bond donors (Lipinski definition) is 0. The first kappa shape index (κ1) is 15.5. The maximum atomic E-state index is 6.20. The monoisotopic (exact) mass is 348 g/mol. The maximum Gasteiger partial charge on any atom is 0.261 e. The number of ether oxygens (including phenoxy) is 1. The molecule has 6 heteroatoms. The van der Waals surface area contributed by atoms with Crippen molar-refractivity contribution < 1.29 is 9.26 Å². The van der Waals surface area contributed by atoms with Gasteiger partial charge in [0.2, 0.25) is 0 Å². The Labute approximate surface area is 151 Å².